The first-order chi connectivity index (χ1) is 23.3. The number of hydrogen-bond acceptors (Lipinski definition) is 1. The van der Waals surface area contributed by atoms with Crippen LogP contribution in [0.5, 0.6) is 0 Å². The highest BCUT2D eigenvalue weighted by Gasteiger charge is 2.57. The van der Waals surface area contributed by atoms with E-state index >= 15 is 0 Å². The molecular weight excluding hydrogens is 567 g/mol. The maximum Gasteiger partial charge on any atom is 0.0543 e. The minimum atomic E-state index is 0.131. The van der Waals surface area contributed by atoms with Gasteiger partial charge in [-0.3, -0.25) is 0 Å². The third-order valence-corrected chi connectivity index (χ3v) is 13.2. The molecule has 1 spiro atoms. The van der Waals surface area contributed by atoms with E-state index in [1.54, 1.807) is 11.1 Å². The zero-order chi connectivity index (χ0) is 30.7. The van der Waals surface area contributed by atoms with Crippen LogP contribution in [0.3, 0.4) is 0 Å². The smallest absolute Gasteiger partial charge is 0.0543 e. The summed E-state index contributed by atoms with van der Waals surface area (Å²) in [5.41, 5.74) is 15.7. The van der Waals surface area contributed by atoms with Crippen LogP contribution in [0.1, 0.15) is 60.8 Å². The fourth-order valence-corrected chi connectivity index (χ4v) is 11.4. The van der Waals surface area contributed by atoms with E-state index in [0.29, 0.717) is 0 Å². The molecule has 47 heavy (non-hydrogen) atoms. The predicted octanol–water partition coefficient (Wildman–Crippen LogP) is 12.0. The Morgan fingerprint density at radius 3 is 2.30 bits per heavy atom. The number of fused-ring (bicyclic) bond motifs is 12. The summed E-state index contributed by atoms with van der Waals surface area (Å²) < 4.78 is 0. The molecule has 5 unspecified atom stereocenters. The van der Waals surface area contributed by atoms with Gasteiger partial charge in [0.1, 0.15) is 0 Å². The quantitative estimate of drug-likeness (QED) is 0.194. The van der Waals surface area contributed by atoms with Crippen LogP contribution in [0.15, 0.2) is 127 Å². The van der Waals surface area contributed by atoms with Crippen LogP contribution in [-0.2, 0) is 11.8 Å². The van der Waals surface area contributed by atoms with Gasteiger partial charge in [-0.2, -0.15) is 0 Å². The summed E-state index contributed by atoms with van der Waals surface area (Å²) in [4.78, 5) is 2.61. The topological polar surface area (TPSA) is 3.24 Å². The monoisotopic (exact) mass is 605 g/mol. The third kappa shape index (κ3) is 3.61. The average Bonchev–Trinajstić information content (AvgIpc) is 3.63. The van der Waals surface area contributed by atoms with Crippen LogP contribution in [-0.4, -0.2) is 0 Å². The second-order valence-corrected chi connectivity index (χ2v) is 15.3. The SMILES string of the molecule is c1ccc2c(c1)Cc1cc(N(c3cccc4c3-c3ccccc3C43CC4CCC5CC4CC3C5)c3cccc4ccccc34)ccc1-2. The first kappa shape index (κ1) is 26.4. The standard InChI is InChI=1S/C46H39N/c1-4-13-39-30(9-1)11-7-17-43(39)47(36-21-22-38-34(27-36)25-31-10-2-3-12-37(31)38)44-18-8-16-42-45(44)40-14-5-6-15-41(40)46(42)28-32-20-19-29-23-33(32)26-35(46)24-29/h1-18,21-22,27,29,32-33,35H,19-20,23-26,28H2. The van der Waals surface area contributed by atoms with Gasteiger partial charge < -0.3 is 4.90 Å². The molecule has 1 heteroatoms. The molecule has 3 fully saturated rings. The first-order valence-corrected chi connectivity index (χ1v) is 18.0. The van der Waals surface area contributed by atoms with Crippen molar-refractivity contribution in [2.75, 3.05) is 4.90 Å². The van der Waals surface area contributed by atoms with E-state index in [1.807, 2.05) is 0 Å². The van der Waals surface area contributed by atoms with Crippen molar-refractivity contribution in [2.24, 2.45) is 23.7 Å². The van der Waals surface area contributed by atoms with E-state index in [1.165, 1.54) is 99.7 Å². The molecule has 0 aromatic heterocycles. The molecule has 6 aromatic carbocycles. The van der Waals surface area contributed by atoms with Crippen molar-refractivity contribution in [1.29, 1.82) is 0 Å². The van der Waals surface area contributed by atoms with Crippen molar-refractivity contribution in [2.45, 2.75) is 50.4 Å². The van der Waals surface area contributed by atoms with Crippen LogP contribution >= 0.6 is 0 Å². The Balaban J connectivity index is 1.17. The summed E-state index contributed by atoms with van der Waals surface area (Å²) in [6.45, 7) is 0. The number of anilines is 3. The number of nitrogens with zero attached hydrogens (tertiary/aromatic N) is 1. The molecule has 5 aliphatic rings. The highest BCUT2D eigenvalue weighted by molar-refractivity contribution is 6.03. The molecule has 5 aliphatic carbocycles. The Morgan fingerprint density at radius 2 is 1.32 bits per heavy atom. The van der Waals surface area contributed by atoms with Crippen LogP contribution in [0, 0.1) is 23.7 Å². The lowest BCUT2D eigenvalue weighted by Crippen LogP contribution is -2.50. The Kier molecular flexibility index (Phi) is 5.46. The maximum atomic E-state index is 2.61. The van der Waals surface area contributed by atoms with Crippen molar-refractivity contribution in [3.8, 4) is 22.3 Å². The lowest BCUT2D eigenvalue weighted by Gasteiger charge is -2.57. The van der Waals surface area contributed by atoms with Gasteiger partial charge in [0.05, 0.1) is 11.4 Å². The molecular formula is C46H39N. The fourth-order valence-electron chi connectivity index (χ4n) is 11.4. The number of hydrogen-bond donors (Lipinski definition) is 0. The minimum Gasteiger partial charge on any atom is -0.309 e. The van der Waals surface area contributed by atoms with Crippen LogP contribution in [0.2, 0.25) is 0 Å². The normalized spacial score (nSPS) is 25.8. The largest absolute Gasteiger partial charge is 0.309 e. The van der Waals surface area contributed by atoms with Crippen LogP contribution in [0.4, 0.5) is 17.1 Å². The van der Waals surface area contributed by atoms with Gasteiger partial charge in [-0.15, -0.1) is 0 Å². The molecule has 0 saturated heterocycles. The van der Waals surface area contributed by atoms with Crippen molar-refractivity contribution in [1.82, 2.24) is 0 Å². The van der Waals surface area contributed by atoms with Crippen molar-refractivity contribution in [3.63, 3.8) is 0 Å². The van der Waals surface area contributed by atoms with Crippen molar-refractivity contribution >= 4 is 27.8 Å². The van der Waals surface area contributed by atoms with Gasteiger partial charge in [0.25, 0.3) is 0 Å². The summed E-state index contributed by atoms with van der Waals surface area (Å²) in [6, 6.07) is 48.8. The molecule has 6 aromatic rings. The Morgan fingerprint density at radius 1 is 0.553 bits per heavy atom. The number of rotatable bonds is 3. The Hall–Kier alpha value is -4.62. The summed E-state index contributed by atoms with van der Waals surface area (Å²) >= 11 is 0. The third-order valence-electron chi connectivity index (χ3n) is 13.2. The first-order valence-electron chi connectivity index (χ1n) is 18.0. The zero-order valence-corrected chi connectivity index (χ0v) is 26.8. The molecule has 3 saturated carbocycles. The molecule has 0 aliphatic heterocycles. The maximum absolute atomic E-state index is 2.61. The molecule has 0 amide bonds. The lowest BCUT2D eigenvalue weighted by molar-refractivity contribution is -0.0103. The van der Waals surface area contributed by atoms with E-state index in [-0.39, 0.29) is 5.41 Å². The molecule has 0 radical (unpaired) electrons. The summed E-state index contributed by atoms with van der Waals surface area (Å²) in [5, 5.41) is 2.58. The highest BCUT2D eigenvalue weighted by atomic mass is 15.1. The van der Waals surface area contributed by atoms with E-state index in [9.17, 15) is 0 Å². The summed E-state index contributed by atoms with van der Waals surface area (Å²) in [6.07, 6.45) is 9.51. The predicted molar refractivity (Wildman–Crippen MR) is 195 cm³/mol. The molecule has 0 N–H and O–H groups in total. The van der Waals surface area contributed by atoms with E-state index in [0.717, 1.165) is 30.1 Å². The van der Waals surface area contributed by atoms with E-state index < -0.39 is 0 Å². The van der Waals surface area contributed by atoms with Gasteiger partial charge in [0.15, 0.2) is 0 Å². The summed E-state index contributed by atoms with van der Waals surface area (Å²) in [5.74, 6) is 3.47. The molecule has 1 nitrogen and oxygen atoms in total. The van der Waals surface area contributed by atoms with Crippen molar-refractivity contribution < 1.29 is 0 Å². The minimum absolute atomic E-state index is 0.131. The molecule has 5 atom stereocenters. The van der Waals surface area contributed by atoms with Gasteiger partial charge in [0.2, 0.25) is 0 Å². The fraction of sp³-hybridized carbons (Fsp3) is 0.261. The van der Waals surface area contributed by atoms with E-state index in [2.05, 4.69) is 132 Å². The van der Waals surface area contributed by atoms with Crippen LogP contribution in [0.25, 0.3) is 33.0 Å². The zero-order valence-electron chi connectivity index (χ0n) is 26.8. The lowest BCUT2D eigenvalue weighted by atomic mass is 9.47. The van der Waals surface area contributed by atoms with Gasteiger partial charge in [-0.1, -0.05) is 110 Å². The molecule has 228 valence electrons. The Labute approximate surface area is 277 Å². The highest BCUT2D eigenvalue weighted by Crippen LogP contribution is 2.67. The van der Waals surface area contributed by atoms with Crippen LogP contribution < -0.4 is 4.90 Å². The second-order valence-electron chi connectivity index (χ2n) is 15.3. The molecule has 11 rings (SSSR count). The Bertz CT molecular complexity index is 2240. The average molecular weight is 606 g/mol. The van der Waals surface area contributed by atoms with Gasteiger partial charge in [-0.05, 0) is 131 Å². The van der Waals surface area contributed by atoms with Gasteiger partial charge in [0, 0.05) is 22.1 Å². The molecule has 0 heterocycles. The summed E-state index contributed by atoms with van der Waals surface area (Å²) in [7, 11) is 0. The van der Waals surface area contributed by atoms with E-state index in [4.69, 9.17) is 0 Å². The number of benzene rings is 6. The second kappa shape index (κ2) is 9.71. The van der Waals surface area contributed by atoms with Gasteiger partial charge in [-0.25, -0.2) is 0 Å². The van der Waals surface area contributed by atoms with Crippen molar-refractivity contribution in [3.05, 3.63) is 150 Å². The molecule has 3 bridgehead atoms. The van der Waals surface area contributed by atoms with Gasteiger partial charge >= 0.3 is 0 Å².